The van der Waals surface area contributed by atoms with Gasteiger partial charge in [0.15, 0.2) is 0 Å². The van der Waals surface area contributed by atoms with Crippen molar-refractivity contribution in [1.29, 1.82) is 0 Å². The Morgan fingerprint density at radius 2 is 1.60 bits per heavy atom. The molecule has 0 fully saturated rings. The molecule has 0 amide bonds. The minimum atomic E-state index is 0.0747. The van der Waals surface area contributed by atoms with E-state index in [1.54, 1.807) is 0 Å². The molecular formula is C18H29BrO. The summed E-state index contributed by atoms with van der Waals surface area (Å²) in [5, 5.41) is 0. The first-order valence-corrected chi connectivity index (χ1v) is 8.34. The van der Waals surface area contributed by atoms with E-state index in [0.717, 1.165) is 29.7 Å². The SMILES string of the molecule is CCCCOc1c(Br)cc(C(C)(C)C)cc1C(C)(C)C. The molecular weight excluding hydrogens is 312 g/mol. The third kappa shape index (κ3) is 4.51. The molecule has 2 heteroatoms. The van der Waals surface area contributed by atoms with Crippen LogP contribution < -0.4 is 4.74 Å². The smallest absolute Gasteiger partial charge is 0.137 e. The summed E-state index contributed by atoms with van der Waals surface area (Å²) >= 11 is 3.71. The van der Waals surface area contributed by atoms with Gasteiger partial charge in [0.05, 0.1) is 11.1 Å². The molecule has 114 valence electrons. The molecule has 0 aliphatic carbocycles. The van der Waals surface area contributed by atoms with Gasteiger partial charge in [0.1, 0.15) is 5.75 Å². The van der Waals surface area contributed by atoms with Crippen LogP contribution in [0.4, 0.5) is 0 Å². The van der Waals surface area contributed by atoms with E-state index in [2.05, 4.69) is 76.5 Å². The summed E-state index contributed by atoms with van der Waals surface area (Å²) in [7, 11) is 0. The zero-order valence-electron chi connectivity index (χ0n) is 14.1. The predicted molar refractivity (Wildman–Crippen MR) is 91.9 cm³/mol. The first-order chi connectivity index (χ1) is 9.07. The fraction of sp³-hybridized carbons (Fsp3) is 0.667. The van der Waals surface area contributed by atoms with Gasteiger partial charge in [-0.2, -0.15) is 0 Å². The maximum absolute atomic E-state index is 6.06. The first kappa shape index (κ1) is 17.6. The second-order valence-electron chi connectivity index (χ2n) is 7.54. The topological polar surface area (TPSA) is 9.23 Å². The summed E-state index contributed by atoms with van der Waals surface area (Å²) in [6.07, 6.45) is 2.25. The van der Waals surface area contributed by atoms with Gasteiger partial charge in [0, 0.05) is 5.56 Å². The van der Waals surface area contributed by atoms with E-state index in [1.165, 1.54) is 11.1 Å². The van der Waals surface area contributed by atoms with E-state index >= 15 is 0 Å². The molecule has 0 N–H and O–H groups in total. The molecule has 0 radical (unpaired) electrons. The highest BCUT2D eigenvalue weighted by molar-refractivity contribution is 9.10. The Balaban J connectivity index is 3.29. The van der Waals surface area contributed by atoms with E-state index in [1.807, 2.05) is 0 Å². The van der Waals surface area contributed by atoms with Crippen LogP contribution in [-0.2, 0) is 10.8 Å². The average Bonchev–Trinajstić information content (AvgIpc) is 2.28. The van der Waals surface area contributed by atoms with Crippen LogP contribution in [0.1, 0.15) is 72.4 Å². The Morgan fingerprint density at radius 3 is 2.05 bits per heavy atom. The fourth-order valence-electron chi connectivity index (χ4n) is 2.05. The molecule has 0 aliphatic heterocycles. The zero-order valence-corrected chi connectivity index (χ0v) is 15.6. The van der Waals surface area contributed by atoms with Gasteiger partial charge in [-0.15, -0.1) is 0 Å². The molecule has 0 bridgehead atoms. The van der Waals surface area contributed by atoms with Crippen molar-refractivity contribution < 1.29 is 4.74 Å². The molecule has 1 nitrogen and oxygen atoms in total. The molecule has 0 unspecified atom stereocenters. The van der Waals surface area contributed by atoms with Crippen molar-refractivity contribution in [3.8, 4) is 5.75 Å². The summed E-state index contributed by atoms with van der Waals surface area (Å²) < 4.78 is 7.13. The van der Waals surface area contributed by atoms with Crippen molar-refractivity contribution in [1.82, 2.24) is 0 Å². The minimum absolute atomic E-state index is 0.0747. The van der Waals surface area contributed by atoms with Crippen molar-refractivity contribution in [3.05, 3.63) is 27.7 Å². The summed E-state index contributed by atoms with van der Waals surface area (Å²) in [6, 6.07) is 4.52. The van der Waals surface area contributed by atoms with Crippen molar-refractivity contribution in [2.45, 2.75) is 72.1 Å². The van der Waals surface area contributed by atoms with Gasteiger partial charge in [0.25, 0.3) is 0 Å². The van der Waals surface area contributed by atoms with Crippen LogP contribution in [0.3, 0.4) is 0 Å². The molecule has 1 aromatic rings. The standard InChI is InChI=1S/C18H29BrO/c1-8-9-10-20-16-14(18(5,6)7)11-13(12-15(16)19)17(2,3)4/h11-12H,8-10H2,1-7H3. The third-order valence-electron chi connectivity index (χ3n) is 3.46. The van der Waals surface area contributed by atoms with Gasteiger partial charge in [0.2, 0.25) is 0 Å². The molecule has 0 aliphatic rings. The summed E-state index contributed by atoms with van der Waals surface area (Å²) in [5.41, 5.74) is 2.85. The van der Waals surface area contributed by atoms with Crippen molar-refractivity contribution in [2.75, 3.05) is 6.61 Å². The number of hydrogen-bond acceptors (Lipinski definition) is 1. The van der Waals surface area contributed by atoms with Gasteiger partial charge < -0.3 is 4.74 Å². The van der Waals surface area contributed by atoms with Crippen LogP contribution >= 0.6 is 15.9 Å². The quantitative estimate of drug-likeness (QED) is 0.591. The minimum Gasteiger partial charge on any atom is -0.492 e. The lowest BCUT2D eigenvalue weighted by molar-refractivity contribution is 0.299. The van der Waals surface area contributed by atoms with E-state index in [-0.39, 0.29) is 10.8 Å². The molecule has 0 spiro atoms. The Hall–Kier alpha value is -0.500. The molecule has 20 heavy (non-hydrogen) atoms. The monoisotopic (exact) mass is 340 g/mol. The van der Waals surface area contributed by atoms with Gasteiger partial charge >= 0.3 is 0 Å². The van der Waals surface area contributed by atoms with E-state index in [0.29, 0.717) is 0 Å². The fourth-order valence-corrected chi connectivity index (χ4v) is 2.62. The molecule has 1 aromatic carbocycles. The predicted octanol–water partition coefficient (Wildman–Crippen LogP) is 6.22. The third-order valence-corrected chi connectivity index (χ3v) is 4.05. The second-order valence-corrected chi connectivity index (χ2v) is 8.39. The number of rotatable bonds is 4. The molecule has 0 saturated carbocycles. The van der Waals surface area contributed by atoms with Gasteiger partial charge in [-0.25, -0.2) is 0 Å². The van der Waals surface area contributed by atoms with Crippen LogP contribution in [0.2, 0.25) is 0 Å². The van der Waals surface area contributed by atoms with Crippen LogP contribution in [-0.4, -0.2) is 6.61 Å². The summed E-state index contributed by atoms with van der Waals surface area (Å²) in [4.78, 5) is 0. The van der Waals surface area contributed by atoms with Crippen molar-refractivity contribution in [2.24, 2.45) is 0 Å². The molecule has 0 saturated heterocycles. The lowest BCUT2D eigenvalue weighted by Crippen LogP contribution is -2.18. The Kier molecular flexibility index (Phi) is 5.71. The van der Waals surface area contributed by atoms with Crippen LogP contribution in [0, 0.1) is 0 Å². The van der Waals surface area contributed by atoms with E-state index in [4.69, 9.17) is 4.74 Å². The normalized spacial score (nSPS) is 12.6. The van der Waals surface area contributed by atoms with Gasteiger partial charge in [-0.1, -0.05) is 61.0 Å². The van der Waals surface area contributed by atoms with Crippen LogP contribution in [0.25, 0.3) is 0 Å². The zero-order chi connectivity index (χ0) is 15.6. The van der Waals surface area contributed by atoms with Crippen molar-refractivity contribution >= 4 is 15.9 Å². The average molecular weight is 341 g/mol. The van der Waals surface area contributed by atoms with E-state index < -0.39 is 0 Å². The maximum atomic E-state index is 6.06. The van der Waals surface area contributed by atoms with Gasteiger partial charge in [-0.3, -0.25) is 0 Å². The highest BCUT2D eigenvalue weighted by atomic mass is 79.9. The lowest BCUT2D eigenvalue weighted by Gasteiger charge is -2.28. The number of halogens is 1. The maximum Gasteiger partial charge on any atom is 0.137 e. The number of unbranched alkanes of at least 4 members (excludes halogenated alkanes) is 1. The van der Waals surface area contributed by atoms with Gasteiger partial charge in [-0.05, 0) is 44.8 Å². The first-order valence-electron chi connectivity index (χ1n) is 7.54. The molecule has 1 rings (SSSR count). The number of ether oxygens (including phenoxy) is 1. The Labute approximate surface area is 133 Å². The molecule has 0 aromatic heterocycles. The number of benzene rings is 1. The Morgan fingerprint density at radius 1 is 1.00 bits per heavy atom. The van der Waals surface area contributed by atoms with Crippen LogP contribution in [0.15, 0.2) is 16.6 Å². The second kappa shape index (κ2) is 6.51. The highest BCUT2D eigenvalue weighted by Gasteiger charge is 2.25. The summed E-state index contributed by atoms with van der Waals surface area (Å²) in [5.74, 6) is 1.01. The number of hydrogen-bond donors (Lipinski definition) is 0. The molecule has 0 atom stereocenters. The molecule has 0 heterocycles. The Bertz CT molecular complexity index is 450. The largest absolute Gasteiger partial charge is 0.492 e. The highest BCUT2D eigenvalue weighted by Crippen LogP contribution is 2.40. The van der Waals surface area contributed by atoms with E-state index in [9.17, 15) is 0 Å². The lowest BCUT2D eigenvalue weighted by atomic mass is 9.80. The van der Waals surface area contributed by atoms with Crippen LogP contribution in [0.5, 0.6) is 5.75 Å². The summed E-state index contributed by atoms with van der Waals surface area (Å²) in [6.45, 7) is 16.4. The van der Waals surface area contributed by atoms with Crippen molar-refractivity contribution in [3.63, 3.8) is 0 Å².